The molecule has 1 aliphatic carbocycles. The molecular weight excluding hydrogens is 400 g/mol. The monoisotopic (exact) mass is 440 g/mol. The van der Waals surface area contributed by atoms with Gasteiger partial charge in [0.25, 0.3) is 0 Å². The molecule has 0 unspecified atom stereocenters. The average Bonchev–Trinajstić information content (AvgIpc) is 3.33. The maximum absolute atomic E-state index is 13.3. The molecule has 4 heterocycles. The fourth-order valence-electron chi connectivity index (χ4n) is 6.35. The van der Waals surface area contributed by atoms with Gasteiger partial charge >= 0.3 is 0 Å². The predicted octanol–water partition coefficient (Wildman–Crippen LogP) is 4.60. The molecule has 3 aliphatic heterocycles. The molecular formula is C26H40N4O2. The van der Waals surface area contributed by atoms with Gasteiger partial charge in [0.05, 0.1) is 6.04 Å². The van der Waals surface area contributed by atoms with Crippen LogP contribution in [0.25, 0.3) is 0 Å². The topological polar surface area (TPSA) is 58.6 Å². The van der Waals surface area contributed by atoms with Gasteiger partial charge in [-0.15, -0.1) is 0 Å². The van der Waals surface area contributed by atoms with E-state index in [9.17, 15) is 4.79 Å². The minimum atomic E-state index is 0.0495. The minimum Gasteiger partial charge on any atom is -0.381 e. The third kappa shape index (κ3) is 4.80. The van der Waals surface area contributed by atoms with Crippen LogP contribution in [0, 0.1) is 18.8 Å². The Morgan fingerprint density at radius 1 is 0.938 bits per heavy atom. The van der Waals surface area contributed by atoms with Crippen LogP contribution in [-0.2, 0) is 16.0 Å². The Balaban J connectivity index is 1.37. The number of ether oxygens (including phenoxy) is 1. The first-order valence-corrected chi connectivity index (χ1v) is 13.2. The number of piperidine rings is 1. The van der Waals surface area contributed by atoms with Gasteiger partial charge in [-0.3, -0.25) is 4.79 Å². The number of nitrogens with zero attached hydrogens (tertiary/aromatic N) is 4. The van der Waals surface area contributed by atoms with Gasteiger partial charge in [-0.25, -0.2) is 9.97 Å². The second-order valence-electron chi connectivity index (χ2n) is 10.5. The van der Waals surface area contributed by atoms with Crippen molar-refractivity contribution < 1.29 is 9.53 Å². The Labute approximate surface area is 193 Å². The molecule has 176 valence electrons. The Morgan fingerprint density at radius 3 is 2.53 bits per heavy atom. The van der Waals surface area contributed by atoms with Crippen LogP contribution < -0.4 is 4.90 Å². The maximum atomic E-state index is 13.3. The van der Waals surface area contributed by atoms with Gasteiger partial charge in [0.2, 0.25) is 5.91 Å². The highest BCUT2D eigenvalue weighted by Crippen LogP contribution is 2.36. The number of aromatic nitrogens is 2. The Morgan fingerprint density at radius 2 is 1.72 bits per heavy atom. The van der Waals surface area contributed by atoms with E-state index in [0.717, 1.165) is 95.1 Å². The van der Waals surface area contributed by atoms with Crippen molar-refractivity contribution >= 4 is 11.7 Å². The van der Waals surface area contributed by atoms with E-state index in [2.05, 4.69) is 16.7 Å². The van der Waals surface area contributed by atoms with Crippen molar-refractivity contribution in [3.05, 3.63) is 17.1 Å². The number of carbonyl (C=O) groups excluding carboxylic acids is 1. The second-order valence-corrected chi connectivity index (χ2v) is 10.5. The zero-order chi connectivity index (χ0) is 21.9. The molecule has 2 saturated heterocycles. The molecule has 32 heavy (non-hydrogen) atoms. The molecule has 0 aromatic carbocycles. The van der Waals surface area contributed by atoms with Crippen molar-refractivity contribution in [3.8, 4) is 0 Å². The van der Waals surface area contributed by atoms with Crippen LogP contribution >= 0.6 is 0 Å². The molecule has 1 saturated carbocycles. The van der Waals surface area contributed by atoms with Gasteiger partial charge in [-0.05, 0) is 76.5 Å². The summed E-state index contributed by atoms with van der Waals surface area (Å²) in [5.41, 5.74) is 2.45. The van der Waals surface area contributed by atoms with Gasteiger partial charge in [-0.2, -0.15) is 0 Å². The lowest BCUT2D eigenvalue weighted by molar-refractivity contribution is -0.136. The van der Waals surface area contributed by atoms with Gasteiger partial charge in [0, 0.05) is 50.5 Å². The summed E-state index contributed by atoms with van der Waals surface area (Å²) in [7, 11) is 0. The zero-order valence-electron chi connectivity index (χ0n) is 19.9. The van der Waals surface area contributed by atoms with Crippen LogP contribution in [0.5, 0.6) is 0 Å². The lowest BCUT2D eigenvalue weighted by Crippen LogP contribution is -2.41. The summed E-state index contributed by atoms with van der Waals surface area (Å²) < 4.78 is 5.58. The van der Waals surface area contributed by atoms with Crippen LogP contribution in [0.3, 0.4) is 0 Å². The van der Waals surface area contributed by atoms with Crippen molar-refractivity contribution in [1.82, 2.24) is 14.9 Å². The SMILES string of the molecule is Cc1nc([C@@H]2CCCCN2C(=O)CC2CCCC2)nc2c1CCCN2CC1CCOCC1. The normalized spacial score (nSPS) is 25.2. The van der Waals surface area contributed by atoms with Gasteiger partial charge in [0.1, 0.15) is 5.82 Å². The van der Waals surface area contributed by atoms with Crippen LogP contribution in [0.15, 0.2) is 0 Å². The van der Waals surface area contributed by atoms with Crippen molar-refractivity contribution in [2.45, 2.75) is 90.0 Å². The summed E-state index contributed by atoms with van der Waals surface area (Å²) in [6.45, 7) is 6.94. The highest BCUT2D eigenvalue weighted by Gasteiger charge is 2.34. The molecule has 1 amide bonds. The molecule has 0 bridgehead atoms. The number of fused-ring (bicyclic) bond motifs is 1. The Hall–Kier alpha value is -1.69. The van der Waals surface area contributed by atoms with Gasteiger partial charge in [0.15, 0.2) is 5.82 Å². The summed E-state index contributed by atoms with van der Waals surface area (Å²) in [5.74, 6) is 3.65. The molecule has 3 fully saturated rings. The minimum absolute atomic E-state index is 0.0495. The lowest BCUT2D eigenvalue weighted by Gasteiger charge is -2.38. The molecule has 1 aromatic rings. The number of carbonyl (C=O) groups is 1. The third-order valence-electron chi connectivity index (χ3n) is 8.24. The number of likely N-dealkylation sites (tertiary alicyclic amines) is 1. The van der Waals surface area contributed by atoms with Crippen molar-refractivity contribution in [2.75, 3.05) is 37.7 Å². The quantitative estimate of drug-likeness (QED) is 0.670. The molecule has 1 aromatic heterocycles. The lowest BCUT2D eigenvalue weighted by atomic mass is 9.96. The number of amides is 1. The first-order valence-electron chi connectivity index (χ1n) is 13.2. The first kappa shape index (κ1) is 22.1. The molecule has 0 radical (unpaired) electrons. The summed E-state index contributed by atoms with van der Waals surface area (Å²) in [6, 6.07) is 0.0495. The largest absolute Gasteiger partial charge is 0.381 e. The standard InChI is InChI=1S/C26H40N4O2/c1-19-22-9-6-13-29(18-21-11-15-32-16-12-21)26(22)28-25(27-19)23-10-4-5-14-30(23)24(31)17-20-7-2-3-8-20/h20-21,23H,2-18H2,1H3/t23-/m0/s1. The fraction of sp³-hybridized carbons (Fsp3) is 0.808. The summed E-state index contributed by atoms with van der Waals surface area (Å²) >= 11 is 0. The number of hydrogen-bond donors (Lipinski definition) is 0. The molecule has 1 atom stereocenters. The summed E-state index contributed by atoms with van der Waals surface area (Å²) in [6.07, 6.45) is 13.5. The third-order valence-corrected chi connectivity index (χ3v) is 8.24. The molecule has 0 spiro atoms. The Kier molecular flexibility index (Phi) is 6.96. The van der Waals surface area contributed by atoms with Gasteiger partial charge in [-0.1, -0.05) is 12.8 Å². The van der Waals surface area contributed by atoms with Crippen molar-refractivity contribution in [2.24, 2.45) is 11.8 Å². The van der Waals surface area contributed by atoms with Crippen LogP contribution in [0.4, 0.5) is 5.82 Å². The summed E-state index contributed by atoms with van der Waals surface area (Å²) in [5, 5.41) is 0. The van der Waals surface area contributed by atoms with E-state index in [1.54, 1.807) is 0 Å². The van der Waals surface area contributed by atoms with Crippen molar-refractivity contribution in [1.29, 1.82) is 0 Å². The molecule has 4 aliphatic rings. The Bertz CT molecular complexity index is 801. The van der Waals surface area contributed by atoms with E-state index in [0.29, 0.717) is 17.7 Å². The van der Waals surface area contributed by atoms with Gasteiger partial charge < -0.3 is 14.5 Å². The predicted molar refractivity (Wildman–Crippen MR) is 126 cm³/mol. The van der Waals surface area contributed by atoms with Crippen LogP contribution in [-0.4, -0.2) is 53.6 Å². The molecule has 5 rings (SSSR count). The van der Waals surface area contributed by atoms with E-state index in [4.69, 9.17) is 14.7 Å². The molecule has 0 N–H and O–H groups in total. The fourth-order valence-corrected chi connectivity index (χ4v) is 6.35. The van der Waals surface area contributed by atoms with E-state index >= 15 is 0 Å². The molecule has 6 nitrogen and oxygen atoms in total. The summed E-state index contributed by atoms with van der Waals surface area (Å²) in [4.78, 5) is 28.1. The average molecular weight is 441 g/mol. The molecule has 6 heteroatoms. The van der Waals surface area contributed by atoms with E-state index in [1.807, 2.05) is 0 Å². The van der Waals surface area contributed by atoms with Crippen molar-refractivity contribution in [3.63, 3.8) is 0 Å². The number of anilines is 1. The number of rotatable bonds is 5. The van der Waals surface area contributed by atoms with E-state index in [1.165, 1.54) is 37.7 Å². The zero-order valence-corrected chi connectivity index (χ0v) is 19.9. The first-order chi connectivity index (χ1) is 15.7. The van der Waals surface area contributed by atoms with E-state index in [-0.39, 0.29) is 6.04 Å². The number of hydrogen-bond acceptors (Lipinski definition) is 5. The second kappa shape index (κ2) is 10.1. The van der Waals surface area contributed by atoms with E-state index < -0.39 is 0 Å². The van der Waals surface area contributed by atoms with Crippen LogP contribution in [0.1, 0.15) is 93.8 Å². The number of aryl methyl sites for hydroxylation is 1. The smallest absolute Gasteiger partial charge is 0.223 e. The highest BCUT2D eigenvalue weighted by atomic mass is 16.5. The van der Waals surface area contributed by atoms with Crippen LogP contribution in [0.2, 0.25) is 0 Å². The maximum Gasteiger partial charge on any atom is 0.223 e. The highest BCUT2D eigenvalue weighted by molar-refractivity contribution is 5.77.